The van der Waals surface area contributed by atoms with Crippen LogP contribution in [0.25, 0.3) is 16.7 Å². The van der Waals surface area contributed by atoms with Gasteiger partial charge >= 0.3 is 6.03 Å². The van der Waals surface area contributed by atoms with Crippen molar-refractivity contribution in [1.29, 1.82) is 0 Å². The highest BCUT2D eigenvalue weighted by Gasteiger charge is 2.27. The Hall–Kier alpha value is -2.96. The maximum Gasteiger partial charge on any atom is 0.321 e. The molecular weight excluding hydrogens is 309 g/mol. The third-order valence-corrected chi connectivity index (χ3v) is 4.08. The van der Waals surface area contributed by atoms with Crippen LogP contribution in [0.4, 0.5) is 14.9 Å². The molecule has 1 aliphatic heterocycles. The van der Waals surface area contributed by atoms with Crippen LogP contribution in [-0.4, -0.2) is 38.8 Å². The van der Waals surface area contributed by atoms with Gasteiger partial charge in [0, 0.05) is 36.6 Å². The largest absolute Gasteiger partial charge is 0.324 e. The summed E-state index contributed by atoms with van der Waals surface area (Å²) in [6.07, 6.45) is 3.35. The third-order valence-electron chi connectivity index (χ3n) is 4.08. The molecule has 2 aromatic heterocycles. The fourth-order valence-corrected chi connectivity index (χ4v) is 2.81. The molecule has 1 N–H and O–H groups in total. The molecule has 7 heteroatoms. The number of benzene rings is 1. The van der Waals surface area contributed by atoms with Gasteiger partial charge in [0.25, 0.3) is 0 Å². The molecule has 1 aromatic carbocycles. The molecule has 4 rings (SSSR count). The molecule has 122 valence electrons. The van der Waals surface area contributed by atoms with E-state index in [9.17, 15) is 9.18 Å². The molecule has 3 heterocycles. The molecule has 2 amide bonds. The van der Waals surface area contributed by atoms with Crippen LogP contribution in [0.1, 0.15) is 6.92 Å². The highest BCUT2D eigenvalue weighted by atomic mass is 19.1. The number of aromatic nitrogens is 3. The molecule has 0 bridgehead atoms. The van der Waals surface area contributed by atoms with Crippen LogP contribution in [0.5, 0.6) is 0 Å². The van der Waals surface area contributed by atoms with Gasteiger partial charge in [-0.25, -0.2) is 18.9 Å². The van der Waals surface area contributed by atoms with Crippen molar-refractivity contribution >= 4 is 22.8 Å². The molecule has 0 unspecified atom stereocenters. The van der Waals surface area contributed by atoms with Gasteiger partial charge in [-0.15, -0.1) is 5.10 Å². The Morgan fingerprint density at radius 1 is 1.33 bits per heavy atom. The van der Waals surface area contributed by atoms with Gasteiger partial charge in [0.05, 0.1) is 0 Å². The second-order valence-electron chi connectivity index (χ2n) is 6.10. The van der Waals surface area contributed by atoms with Crippen molar-refractivity contribution in [3.8, 4) is 5.69 Å². The predicted molar refractivity (Wildman–Crippen MR) is 88.6 cm³/mol. The number of urea groups is 1. The number of fused-ring (bicyclic) bond motifs is 1. The summed E-state index contributed by atoms with van der Waals surface area (Å²) in [7, 11) is 0. The number of carbonyl (C=O) groups is 1. The zero-order valence-corrected chi connectivity index (χ0v) is 13.1. The van der Waals surface area contributed by atoms with Crippen molar-refractivity contribution < 1.29 is 9.18 Å². The van der Waals surface area contributed by atoms with E-state index in [2.05, 4.69) is 22.3 Å². The average Bonchev–Trinajstić information content (AvgIpc) is 2.97. The third kappa shape index (κ3) is 2.58. The van der Waals surface area contributed by atoms with Gasteiger partial charge in [-0.2, -0.15) is 0 Å². The first-order valence-corrected chi connectivity index (χ1v) is 7.76. The van der Waals surface area contributed by atoms with Gasteiger partial charge < -0.3 is 10.2 Å². The molecule has 1 fully saturated rings. The number of hydrogen-bond acceptors (Lipinski definition) is 3. The Morgan fingerprint density at radius 2 is 2.17 bits per heavy atom. The molecule has 3 aromatic rings. The molecule has 1 saturated heterocycles. The van der Waals surface area contributed by atoms with Crippen molar-refractivity contribution in [2.45, 2.75) is 6.92 Å². The number of carbonyl (C=O) groups excluding carboxylic acids is 1. The highest BCUT2D eigenvalue weighted by Crippen LogP contribution is 2.22. The lowest BCUT2D eigenvalue weighted by atomic mass is 10.0. The number of anilines is 1. The Kier molecular flexibility index (Phi) is 3.41. The molecule has 6 nitrogen and oxygen atoms in total. The maximum absolute atomic E-state index is 14.2. The van der Waals surface area contributed by atoms with E-state index in [-0.39, 0.29) is 11.7 Å². The minimum absolute atomic E-state index is 0.169. The Morgan fingerprint density at radius 3 is 2.92 bits per heavy atom. The predicted octanol–water partition coefficient (Wildman–Crippen LogP) is 3.04. The lowest BCUT2D eigenvalue weighted by Crippen LogP contribution is -2.50. The van der Waals surface area contributed by atoms with E-state index in [1.807, 2.05) is 6.07 Å². The summed E-state index contributed by atoms with van der Waals surface area (Å²) in [6.45, 7) is 3.59. The molecular formula is C17H16FN5O. The summed E-state index contributed by atoms with van der Waals surface area (Å²) >= 11 is 0. The van der Waals surface area contributed by atoms with Crippen LogP contribution < -0.4 is 5.32 Å². The minimum Gasteiger partial charge on any atom is -0.324 e. The van der Waals surface area contributed by atoms with E-state index < -0.39 is 5.82 Å². The zero-order valence-electron chi connectivity index (χ0n) is 13.1. The van der Waals surface area contributed by atoms with E-state index in [4.69, 9.17) is 0 Å². The van der Waals surface area contributed by atoms with Crippen LogP contribution in [-0.2, 0) is 0 Å². The van der Waals surface area contributed by atoms with Crippen LogP contribution in [0.15, 0.2) is 42.7 Å². The Bertz CT molecular complexity index is 883. The van der Waals surface area contributed by atoms with Gasteiger partial charge in [-0.1, -0.05) is 6.92 Å². The number of likely N-dealkylation sites (tertiary alicyclic amines) is 1. The van der Waals surface area contributed by atoms with E-state index in [1.54, 1.807) is 35.5 Å². The SMILES string of the molecule is CC1CN(C(=O)Nc2ccc(F)c(-n3cc4cccnc4n3)c2)C1. The smallest absolute Gasteiger partial charge is 0.321 e. The van der Waals surface area contributed by atoms with Crippen LogP contribution in [0, 0.1) is 11.7 Å². The zero-order chi connectivity index (χ0) is 16.7. The van der Waals surface area contributed by atoms with Gasteiger partial charge in [-0.05, 0) is 36.2 Å². The van der Waals surface area contributed by atoms with E-state index in [1.165, 1.54) is 10.7 Å². The standard InChI is InChI=1S/C17H16FN5O/c1-11-8-22(9-11)17(24)20-13-4-5-14(18)15(7-13)23-10-12-3-2-6-19-16(12)21-23/h2-7,10-11H,8-9H2,1H3,(H,20,24). The number of rotatable bonds is 2. The lowest BCUT2D eigenvalue weighted by Gasteiger charge is -2.36. The number of halogens is 1. The maximum atomic E-state index is 14.2. The number of amides is 2. The van der Waals surface area contributed by atoms with Crippen LogP contribution in [0.2, 0.25) is 0 Å². The van der Waals surface area contributed by atoms with Gasteiger partial charge in [0.15, 0.2) is 5.65 Å². The fourth-order valence-electron chi connectivity index (χ4n) is 2.81. The molecule has 1 aliphatic rings. The summed E-state index contributed by atoms with van der Waals surface area (Å²) in [4.78, 5) is 18.0. The van der Waals surface area contributed by atoms with Crippen molar-refractivity contribution in [2.75, 3.05) is 18.4 Å². The monoisotopic (exact) mass is 325 g/mol. The number of nitrogens with zero attached hydrogens (tertiary/aromatic N) is 4. The van der Waals surface area contributed by atoms with E-state index in [0.717, 1.165) is 18.5 Å². The number of hydrogen-bond donors (Lipinski definition) is 1. The van der Waals surface area contributed by atoms with Crippen LogP contribution >= 0.6 is 0 Å². The first-order chi connectivity index (χ1) is 11.6. The van der Waals surface area contributed by atoms with Crippen molar-refractivity contribution in [1.82, 2.24) is 19.7 Å². The Labute approximate surface area is 137 Å². The molecule has 0 spiro atoms. The summed E-state index contributed by atoms with van der Waals surface area (Å²) in [5.41, 5.74) is 1.34. The van der Waals surface area contributed by atoms with E-state index >= 15 is 0 Å². The molecule has 0 radical (unpaired) electrons. The summed E-state index contributed by atoms with van der Waals surface area (Å²) in [5.74, 6) is 0.113. The average molecular weight is 325 g/mol. The summed E-state index contributed by atoms with van der Waals surface area (Å²) in [5, 5.41) is 7.90. The van der Waals surface area contributed by atoms with Crippen LogP contribution in [0.3, 0.4) is 0 Å². The summed E-state index contributed by atoms with van der Waals surface area (Å²) < 4.78 is 15.6. The highest BCUT2D eigenvalue weighted by molar-refractivity contribution is 5.90. The van der Waals surface area contributed by atoms with E-state index in [0.29, 0.717) is 17.3 Å². The van der Waals surface area contributed by atoms with Crippen molar-refractivity contribution in [3.05, 3.63) is 48.5 Å². The first kappa shape index (κ1) is 14.6. The van der Waals surface area contributed by atoms with Crippen molar-refractivity contribution in [3.63, 3.8) is 0 Å². The number of pyridine rings is 1. The second-order valence-corrected chi connectivity index (χ2v) is 6.10. The van der Waals surface area contributed by atoms with Gasteiger partial charge in [-0.3, -0.25) is 0 Å². The number of nitrogens with one attached hydrogen (secondary N) is 1. The summed E-state index contributed by atoms with van der Waals surface area (Å²) in [6, 6.07) is 7.93. The van der Waals surface area contributed by atoms with Gasteiger partial charge in [0.2, 0.25) is 0 Å². The normalized spacial score (nSPS) is 14.7. The van der Waals surface area contributed by atoms with Gasteiger partial charge in [0.1, 0.15) is 11.5 Å². The quantitative estimate of drug-likeness (QED) is 0.788. The minimum atomic E-state index is -0.418. The molecule has 0 atom stereocenters. The topological polar surface area (TPSA) is 63.1 Å². The fraction of sp³-hybridized carbons (Fsp3) is 0.235. The lowest BCUT2D eigenvalue weighted by molar-refractivity contribution is 0.141. The van der Waals surface area contributed by atoms with Crippen molar-refractivity contribution in [2.24, 2.45) is 5.92 Å². The second kappa shape index (κ2) is 5.59. The Balaban J connectivity index is 1.62. The first-order valence-electron chi connectivity index (χ1n) is 7.76. The molecule has 0 saturated carbocycles. The molecule has 24 heavy (non-hydrogen) atoms. The molecule has 0 aliphatic carbocycles.